The van der Waals surface area contributed by atoms with Gasteiger partial charge in [0.1, 0.15) is 5.82 Å². The minimum Gasteiger partial charge on any atom is -0.370 e. The lowest BCUT2D eigenvalue weighted by Gasteiger charge is -2.16. The third-order valence-corrected chi connectivity index (χ3v) is 3.68. The van der Waals surface area contributed by atoms with E-state index in [9.17, 15) is 0 Å². The molecule has 1 aromatic rings. The normalized spacial score (nSPS) is 16.9. The molecule has 0 amide bonds. The van der Waals surface area contributed by atoms with Crippen LogP contribution in [-0.4, -0.2) is 22.6 Å². The predicted octanol–water partition coefficient (Wildman–Crippen LogP) is 3.82. The summed E-state index contributed by atoms with van der Waals surface area (Å²) in [7, 11) is 0. The first kappa shape index (κ1) is 14.1. The first-order chi connectivity index (χ1) is 9.38. The van der Waals surface area contributed by atoms with Gasteiger partial charge in [-0.05, 0) is 25.3 Å². The van der Waals surface area contributed by atoms with E-state index in [1.165, 1.54) is 51.4 Å². The van der Waals surface area contributed by atoms with Crippen LogP contribution in [0.25, 0.3) is 0 Å². The third kappa shape index (κ3) is 5.05. The highest BCUT2D eigenvalue weighted by molar-refractivity contribution is 5.39. The average Bonchev–Trinajstić information content (AvgIpc) is 2.68. The molecular formula is C15H26N4. The lowest BCUT2D eigenvalue weighted by molar-refractivity contribution is 0.615. The van der Waals surface area contributed by atoms with Gasteiger partial charge in [-0.25, -0.2) is 4.98 Å². The van der Waals surface area contributed by atoms with E-state index in [2.05, 4.69) is 27.5 Å². The highest BCUT2D eigenvalue weighted by Crippen LogP contribution is 2.20. The number of aromatic nitrogens is 2. The Morgan fingerprint density at radius 1 is 1.21 bits per heavy atom. The standard InChI is InChI=1S/C15H26N4/c1-2-3-11-16-14-10-12-17-15(19-14)18-13-8-6-4-5-7-9-13/h10,12-13H,2-9,11H2,1H3,(H2,16,17,18,19). The summed E-state index contributed by atoms with van der Waals surface area (Å²) in [6.45, 7) is 3.18. The van der Waals surface area contributed by atoms with Crippen molar-refractivity contribution in [3.63, 3.8) is 0 Å². The molecule has 1 heterocycles. The summed E-state index contributed by atoms with van der Waals surface area (Å²) in [4.78, 5) is 8.87. The summed E-state index contributed by atoms with van der Waals surface area (Å²) in [5, 5.41) is 6.83. The Morgan fingerprint density at radius 3 is 2.74 bits per heavy atom. The fraction of sp³-hybridized carbons (Fsp3) is 0.733. The van der Waals surface area contributed by atoms with Crippen LogP contribution in [0.15, 0.2) is 12.3 Å². The maximum absolute atomic E-state index is 4.54. The molecule has 0 aromatic carbocycles. The summed E-state index contributed by atoms with van der Waals surface area (Å²) in [6.07, 6.45) is 12.1. The van der Waals surface area contributed by atoms with Crippen LogP contribution < -0.4 is 10.6 Å². The van der Waals surface area contributed by atoms with Crippen LogP contribution in [-0.2, 0) is 0 Å². The maximum atomic E-state index is 4.54. The first-order valence-corrected chi connectivity index (χ1v) is 7.72. The average molecular weight is 262 g/mol. The molecular weight excluding hydrogens is 236 g/mol. The van der Waals surface area contributed by atoms with Crippen LogP contribution in [0.5, 0.6) is 0 Å². The quantitative estimate of drug-likeness (QED) is 0.604. The van der Waals surface area contributed by atoms with Gasteiger partial charge in [0.15, 0.2) is 0 Å². The van der Waals surface area contributed by atoms with Gasteiger partial charge in [-0.3, -0.25) is 0 Å². The molecule has 1 aliphatic carbocycles. The highest BCUT2D eigenvalue weighted by atomic mass is 15.1. The summed E-state index contributed by atoms with van der Waals surface area (Å²) >= 11 is 0. The highest BCUT2D eigenvalue weighted by Gasteiger charge is 2.12. The van der Waals surface area contributed by atoms with Crippen molar-refractivity contribution in [2.45, 2.75) is 64.3 Å². The van der Waals surface area contributed by atoms with Crippen molar-refractivity contribution in [3.8, 4) is 0 Å². The fourth-order valence-corrected chi connectivity index (χ4v) is 2.53. The van der Waals surface area contributed by atoms with Crippen LogP contribution in [0.4, 0.5) is 11.8 Å². The van der Waals surface area contributed by atoms with E-state index >= 15 is 0 Å². The van der Waals surface area contributed by atoms with Crippen molar-refractivity contribution >= 4 is 11.8 Å². The van der Waals surface area contributed by atoms with Gasteiger partial charge in [0.25, 0.3) is 0 Å². The second-order valence-electron chi connectivity index (χ2n) is 5.38. The fourth-order valence-electron chi connectivity index (χ4n) is 2.53. The van der Waals surface area contributed by atoms with Gasteiger partial charge in [0.05, 0.1) is 0 Å². The van der Waals surface area contributed by atoms with E-state index in [1.807, 2.05) is 12.3 Å². The van der Waals surface area contributed by atoms with Crippen molar-refractivity contribution in [1.29, 1.82) is 0 Å². The number of hydrogen-bond donors (Lipinski definition) is 2. The molecule has 0 bridgehead atoms. The van der Waals surface area contributed by atoms with E-state index in [0.717, 1.165) is 18.3 Å². The lowest BCUT2D eigenvalue weighted by Crippen LogP contribution is -2.20. The molecule has 1 aliphatic rings. The molecule has 0 atom stereocenters. The van der Waals surface area contributed by atoms with Gasteiger partial charge >= 0.3 is 0 Å². The Labute approximate surface area is 116 Å². The molecule has 1 fully saturated rings. The molecule has 4 heteroatoms. The zero-order valence-corrected chi connectivity index (χ0v) is 12.0. The number of hydrogen-bond acceptors (Lipinski definition) is 4. The minimum absolute atomic E-state index is 0.549. The number of nitrogens with one attached hydrogen (secondary N) is 2. The second kappa shape index (κ2) is 7.97. The Morgan fingerprint density at radius 2 is 2.00 bits per heavy atom. The molecule has 1 aromatic heterocycles. The van der Waals surface area contributed by atoms with Crippen LogP contribution in [0.3, 0.4) is 0 Å². The van der Waals surface area contributed by atoms with E-state index in [-0.39, 0.29) is 0 Å². The Balaban J connectivity index is 1.86. The smallest absolute Gasteiger partial charge is 0.224 e. The third-order valence-electron chi connectivity index (χ3n) is 3.68. The van der Waals surface area contributed by atoms with E-state index in [0.29, 0.717) is 6.04 Å². The van der Waals surface area contributed by atoms with Crippen LogP contribution in [0.1, 0.15) is 58.3 Å². The van der Waals surface area contributed by atoms with Crippen molar-refractivity contribution in [2.75, 3.05) is 17.2 Å². The second-order valence-corrected chi connectivity index (χ2v) is 5.38. The molecule has 2 rings (SSSR count). The van der Waals surface area contributed by atoms with Crippen molar-refractivity contribution < 1.29 is 0 Å². The number of rotatable bonds is 6. The largest absolute Gasteiger partial charge is 0.370 e. The summed E-state index contributed by atoms with van der Waals surface area (Å²) < 4.78 is 0. The van der Waals surface area contributed by atoms with Crippen molar-refractivity contribution in [1.82, 2.24) is 9.97 Å². The molecule has 0 aliphatic heterocycles. The summed E-state index contributed by atoms with van der Waals surface area (Å²) in [6, 6.07) is 2.49. The first-order valence-electron chi connectivity index (χ1n) is 7.72. The van der Waals surface area contributed by atoms with Gasteiger partial charge in [-0.2, -0.15) is 4.98 Å². The Hall–Kier alpha value is -1.32. The molecule has 0 spiro atoms. The number of nitrogens with zero attached hydrogens (tertiary/aromatic N) is 2. The van der Waals surface area contributed by atoms with Crippen LogP contribution in [0, 0.1) is 0 Å². The molecule has 0 saturated heterocycles. The van der Waals surface area contributed by atoms with E-state index in [4.69, 9.17) is 0 Å². The van der Waals surface area contributed by atoms with Gasteiger partial charge in [-0.15, -0.1) is 0 Å². The zero-order chi connectivity index (χ0) is 13.3. The molecule has 0 radical (unpaired) electrons. The minimum atomic E-state index is 0.549. The maximum Gasteiger partial charge on any atom is 0.224 e. The molecule has 19 heavy (non-hydrogen) atoms. The molecule has 0 unspecified atom stereocenters. The Bertz CT molecular complexity index is 359. The van der Waals surface area contributed by atoms with E-state index in [1.54, 1.807) is 0 Å². The summed E-state index contributed by atoms with van der Waals surface area (Å²) in [5.41, 5.74) is 0. The molecule has 4 nitrogen and oxygen atoms in total. The number of unbranched alkanes of at least 4 members (excludes halogenated alkanes) is 1. The van der Waals surface area contributed by atoms with Gasteiger partial charge < -0.3 is 10.6 Å². The monoisotopic (exact) mass is 262 g/mol. The van der Waals surface area contributed by atoms with E-state index < -0.39 is 0 Å². The van der Waals surface area contributed by atoms with Crippen LogP contribution >= 0.6 is 0 Å². The van der Waals surface area contributed by atoms with Crippen molar-refractivity contribution in [2.24, 2.45) is 0 Å². The van der Waals surface area contributed by atoms with Gasteiger partial charge in [0.2, 0.25) is 5.95 Å². The molecule has 106 valence electrons. The topological polar surface area (TPSA) is 49.8 Å². The summed E-state index contributed by atoms with van der Waals surface area (Å²) in [5.74, 6) is 1.70. The zero-order valence-electron chi connectivity index (χ0n) is 12.0. The lowest BCUT2D eigenvalue weighted by atomic mass is 10.1. The molecule has 2 N–H and O–H groups in total. The Kier molecular flexibility index (Phi) is 5.92. The van der Waals surface area contributed by atoms with Crippen LogP contribution in [0.2, 0.25) is 0 Å². The predicted molar refractivity (Wildman–Crippen MR) is 80.5 cm³/mol. The number of anilines is 2. The molecule has 1 saturated carbocycles. The van der Waals surface area contributed by atoms with Gasteiger partial charge in [-0.1, -0.05) is 39.0 Å². The van der Waals surface area contributed by atoms with Gasteiger partial charge in [0, 0.05) is 18.8 Å². The SMILES string of the molecule is CCCCNc1ccnc(NC2CCCCCC2)n1. The van der Waals surface area contributed by atoms with Crippen molar-refractivity contribution in [3.05, 3.63) is 12.3 Å².